The van der Waals surface area contributed by atoms with Crippen molar-refractivity contribution in [2.45, 2.75) is 10.3 Å². The molecule has 1 unspecified atom stereocenters. The third-order valence-electron chi connectivity index (χ3n) is 2.85. The second kappa shape index (κ2) is 5.18. The molecule has 0 saturated carbocycles. The molecule has 92 valence electrons. The predicted molar refractivity (Wildman–Crippen MR) is 80.3 cm³/mol. The number of nitrogens with one attached hydrogen (secondary N) is 1. The van der Waals surface area contributed by atoms with Gasteiger partial charge in [0.05, 0.1) is 10.3 Å². The molecule has 0 aliphatic heterocycles. The van der Waals surface area contributed by atoms with E-state index in [-0.39, 0.29) is 0 Å². The summed E-state index contributed by atoms with van der Waals surface area (Å²) in [7, 11) is 0. The lowest BCUT2D eigenvalue weighted by atomic mass is 10.3. The monoisotopic (exact) mass is 274 g/mol. The van der Waals surface area contributed by atoms with Crippen LogP contribution in [0.25, 0.3) is 10.9 Å². The minimum Gasteiger partial charge on any atom is -0.350 e. The summed E-state index contributed by atoms with van der Waals surface area (Å²) in [6, 6.07) is 14.8. The summed E-state index contributed by atoms with van der Waals surface area (Å²) < 4.78 is 0. The first-order valence-corrected chi connectivity index (χ1v) is 7.60. The fraction of sp³-hybridized carbons (Fsp3) is 0.143. The van der Waals surface area contributed by atoms with E-state index in [1.54, 1.807) is 23.1 Å². The number of para-hydroxylation sites is 1. The Hall–Kier alpha value is -1.23. The van der Waals surface area contributed by atoms with Crippen LogP contribution < -0.4 is 5.73 Å². The number of hydrogen-bond acceptors (Lipinski definition) is 3. The number of aromatic nitrogens is 1. The standard InChI is InChI=1S/C14H14N2S2/c15-9-13(12-6-3-7-17-12)18-14-8-10-4-1-2-5-11(10)16-14/h1-8,13,16H,9,15H2. The van der Waals surface area contributed by atoms with Gasteiger partial charge in [-0.05, 0) is 23.6 Å². The highest BCUT2D eigenvalue weighted by Gasteiger charge is 2.13. The molecule has 3 rings (SSSR count). The van der Waals surface area contributed by atoms with E-state index in [1.165, 1.54) is 20.8 Å². The largest absolute Gasteiger partial charge is 0.350 e. The number of rotatable bonds is 4. The summed E-state index contributed by atoms with van der Waals surface area (Å²) in [6.07, 6.45) is 0. The molecule has 0 radical (unpaired) electrons. The molecule has 18 heavy (non-hydrogen) atoms. The lowest BCUT2D eigenvalue weighted by molar-refractivity contribution is 0.956. The van der Waals surface area contributed by atoms with Gasteiger partial charge in [0.2, 0.25) is 0 Å². The summed E-state index contributed by atoms with van der Waals surface area (Å²) in [5.74, 6) is 0. The van der Waals surface area contributed by atoms with Crippen LogP contribution in [0.3, 0.4) is 0 Å². The van der Waals surface area contributed by atoms with E-state index in [9.17, 15) is 0 Å². The summed E-state index contributed by atoms with van der Waals surface area (Å²) in [5.41, 5.74) is 7.06. The molecular formula is C14H14N2S2. The van der Waals surface area contributed by atoms with Crippen molar-refractivity contribution in [3.63, 3.8) is 0 Å². The van der Waals surface area contributed by atoms with Crippen molar-refractivity contribution >= 4 is 34.0 Å². The third kappa shape index (κ3) is 2.32. The van der Waals surface area contributed by atoms with Crippen LogP contribution in [0.2, 0.25) is 0 Å². The maximum Gasteiger partial charge on any atom is 0.0739 e. The number of H-pyrrole nitrogens is 1. The van der Waals surface area contributed by atoms with E-state index in [2.05, 4.69) is 46.8 Å². The van der Waals surface area contributed by atoms with E-state index < -0.39 is 0 Å². The number of fused-ring (bicyclic) bond motifs is 1. The van der Waals surface area contributed by atoms with E-state index >= 15 is 0 Å². The number of benzene rings is 1. The van der Waals surface area contributed by atoms with Gasteiger partial charge < -0.3 is 10.7 Å². The first-order valence-electron chi connectivity index (χ1n) is 5.84. The molecule has 0 saturated heterocycles. The summed E-state index contributed by atoms with van der Waals surface area (Å²) >= 11 is 3.57. The normalized spacial score (nSPS) is 12.9. The van der Waals surface area contributed by atoms with Crippen molar-refractivity contribution in [3.8, 4) is 0 Å². The molecule has 2 aromatic heterocycles. The number of aromatic amines is 1. The molecule has 0 fully saturated rings. The van der Waals surface area contributed by atoms with Gasteiger partial charge in [0.1, 0.15) is 0 Å². The van der Waals surface area contributed by atoms with Gasteiger partial charge in [-0.1, -0.05) is 36.0 Å². The van der Waals surface area contributed by atoms with Crippen LogP contribution in [0.15, 0.2) is 52.9 Å². The zero-order chi connectivity index (χ0) is 12.4. The average Bonchev–Trinajstić information content (AvgIpc) is 3.04. The Balaban J connectivity index is 1.86. The maximum atomic E-state index is 5.88. The summed E-state index contributed by atoms with van der Waals surface area (Å²) in [5, 5.41) is 4.86. The Kier molecular flexibility index (Phi) is 3.41. The molecule has 1 atom stereocenters. The molecule has 1 aromatic carbocycles. The van der Waals surface area contributed by atoms with Crippen molar-refractivity contribution in [1.29, 1.82) is 0 Å². The Morgan fingerprint density at radius 2 is 2.11 bits per heavy atom. The highest BCUT2D eigenvalue weighted by Crippen LogP contribution is 2.37. The molecule has 0 amide bonds. The second-order valence-corrected chi connectivity index (χ2v) is 6.30. The second-order valence-electron chi connectivity index (χ2n) is 4.08. The smallest absolute Gasteiger partial charge is 0.0739 e. The van der Waals surface area contributed by atoms with Gasteiger partial charge in [-0.25, -0.2) is 0 Å². The van der Waals surface area contributed by atoms with Crippen molar-refractivity contribution < 1.29 is 0 Å². The maximum absolute atomic E-state index is 5.88. The molecule has 0 aliphatic rings. The quantitative estimate of drug-likeness (QED) is 0.706. The Labute approximate surface area is 114 Å². The van der Waals surface area contributed by atoms with E-state index in [0.29, 0.717) is 11.8 Å². The van der Waals surface area contributed by atoms with Crippen molar-refractivity contribution in [3.05, 3.63) is 52.7 Å². The van der Waals surface area contributed by atoms with Gasteiger partial charge in [0, 0.05) is 22.3 Å². The molecule has 4 heteroatoms. The lowest BCUT2D eigenvalue weighted by Crippen LogP contribution is -2.07. The molecule has 0 bridgehead atoms. The van der Waals surface area contributed by atoms with Crippen molar-refractivity contribution in [1.82, 2.24) is 4.98 Å². The molecule has 2 heterocycles. The van der Waals surface area contributed by atoms with Crippen LogP contribution in [0.5, 0.6) is 0 Å². The zero-order valence-electron chi connectivity index (χ0n) is 9.80. The van der Waals surface area contributed by atoms with Gasteiger partial charge in [-0.15, -0.1) is 11.3 Å². The molecular weight excluding hydrogens is 260 g/mol. The average molecular weight is 274 g/mol. The van der Waals surface area contributed by atoms with Crippen molar-refractivity contribution in [2.24, 2.45) is 5.73 Å². The van der Waals surface area contributed by atoms with Crippen LogP contribution in [0, 0.1) is 0 Å². The number of thiophene rings is 1. The Morgan fingerprint density at radius 1 is 1.22 bits per heavy atom. The van der Waals surface area contributed by atoms with Crippen LogP contribution >= 0.6 is 23.1 Å². The number of thioether (sulfide) groups is 1. The number of nitrogens with two attached hydrogens (primary N) is 1. The van der Waals surface area contributed by atoms with Crippen LogP contribution in [-0.2, 0) is 0 Å². The SMILES string of the molecule is NCC(Sc1cc2ccccc2[nH]1)c1cccs1. The fourth-order valence-corrected chi connectivity index (χ4v) is 3.95. The van der Waals surface area contributed by atoms with Gasteiger partial charge in [-0.2, -0.15) is 0 Å². The highest BCUT2D eigenvalue weighted by molar-refractivity contribution is 7.99. The zero-order valence-corrected chi connectivity index (χ0v) is 11.4. The van der Waals surface area contributed by atoms with Gasteiger partial charge in [-0.3, -0.25) is 0 Å². The summed E-state index contributed by atoms with van der Waals surface area (Å²) in [6.45, 7) is 0.653. The minimum absolute atomic E-state index is 0.332. The predicted octanol–water partition coefficient (Wildman–Crippen LogP) is 4.02. The van der Waals surface area contributed by atoms with Crippen LogP contribution in [-0.4, -0.2) is 11.5 Å². The molecule has 2 nitrogen and oxygen atoms in total. The Bertz CT molecular complexity index is 595. The highest BCUT2D eigenvalue weighted by atomic mass is 32.2. The van der Waals surface area contributed by atoms with E-state index in [0.717, 1.165) is 0 Å². The third-order valence-corrected chi connectivity index (χ3v) is 5.19. The van der Waals surface area contributed by atoms with Gasteiger partial charge >= 0.3 is 0 Å². The topological polar surface area (TPSA) is 41.8 Å². The van der Waals surface area contributed by atoms with Gasteiger partial charge in [0.15, 0.2) is 0 Å². The lowest BCUT2D eigenvalue weighted by Gasteiger charge is -2.10. The van der Waals surface area contributed by atoms with Crippen LogP contribution in [0.1, 0.15) is 10.1 Å². The fourth-order valence-electron chi connectivity index (χ4n) is 1.96. The first-order chi connectivity index (χ1) is 8.86. The van der Waals surface area contributed by atoms with Crippen molar-refractivity contribution in [2.75, 3.05) is 6.54 Å². The van der Waals surface area contributed by atoms with Crippen LogP contribution in [0.4, 0.5) is 0 Å². The molecule has 3 aromatic rings. The first kappa shape index (κ1) is 11.8. The number of hydrogen-bond donors (Lipinski definition) is 2. The van der Waals surface area contributed by atoms with E-state index in [4.69, 9.17) is 5.73 Å². The Morgan fingerprint density at radius 3 is 2.83 bits per heavy atom. The van der Waals surface area contributed by atoms with E-state index in [1.807, 2.05) is 6.07 Å². The minimum atomic E-state index is 0.332. The molecule has 3 N–H and O–H groups in total. The molecule has 0 aliphatic carbocycles. The summed E-state index contributed by atoms with van der Waals surface area (Å²) in [4.78, 5) is 4.77. The molecule has 0 spiro atoms. The van der Waals surface area contributed by atoms with Gasteiger partial charge in [0.25, 0.3) is 0 Å².